The number of hydrogen-bond acceptors (Lipinski definition) is 3. The monoisotopic (exact) mass is 266 g/mol. The minimum absolute atomic E-state index is 0.776. The van der Waals surface area contributed by atoms with Crippen molar-refractivity contribution in [3.8, 4) is 0 Å². The largest absolute Gasteiger partial charge is 0.323 e. The number of fused-ring (bicyclic) bond motifs is 1. The van der Waals surface area contributed by atoms with Crippen molar-refractivity contribution in [1.82, 2.24) is 9.38 Å². The molecule has 0 aromatic carbocycles. The predicted molar refractivity (Wildman–Crippen MR) is 64.0 cm³/mol. The minimum atomic E-state index is 0.776. The topological polar surface area (TPSA) is 55.7 Å². The number of pyridine rings is 1. The van der Waals surface area contributed by atoms with Crippen LogP contribution in [0, 0.1) is 6.92 Å². The highest BCUT2D eigenvalue weighted by Gasteiger charge is 2.11. The van der Waals surface area contributed by atoms with E-state index in [-0.39, 0.29) is 0 Å². The molecule has 0 aliphatic rings. The first-order valence-electron chi connectivity index (χ1n) is 4.52. The zero-order valence-corrected chi connectivity index (χ0v) is 10.1. The number of rotatable bonds is 1. The van der Waals surface area contributed by atoms with Crippen LogP contribution in [0.4, 0.5) is 0 Å². The van der Waals surface area contributed by atoms with Crippen LogP contribution in [0.1, 0.15) is 18.3 Å². The van der Waals surface area contributed by atoms with Crippen molar-refractivity contribution in [2.45, 2.75) is 13.8 Å². The molecule has 0 aliphatic carbocycles. The van der Waals surface area contributed by atoms with Crippen LogP contribution in [-0.2, 0) is 0 Å². The molecule has 2 aromatic rings. The second-order valence-electron chi connectivity index (χ2n) is 3.34. The molecule has 2 heterocycles. The molecule has 2 N–H and O–H groups in total. The van der Waals surface area contributed by atoms with Crippen molar-refractivity contribution in [3.63, 3.8) is 0 Å². The first-order valence-corrected chi connectivity index (χ1v) is 5.32. The van der Waals surface area contributed by atoms with Gasteiger partial charge in [0, 0.05) is 10.7 Å². The Morgan fingerprint density at radius 2 is 2.27 bits per heavy atom. The third-order valence-corrected chi connectivity index (χ3v) is 2.76. The molecule has 0 aliphatic heterocycles. The van der Waals surface area contributed by atoms with Gasteiger partial charge in [-0.3, -0.25) is 4.40 Å². The van der Waals surface area contributed by atoms with E-state index in [0.29, 0.717) is 0 Å². The zero-order valence-electron chi connectivity index (χ0n) is 8.53. The molecule has 0 spiro atoms. The summed E-state index contributed by atoms with van der Waals surface area (Å²) in [5.74, 6) is 5.30. The summed E-state index contributed by atoms with van der Waals surface area (Å²) in [6, 6.07) is 3.91. The molecule has 5 heteroatoms. The van der Waals surface area contributed by atoms with Crippen LogP contribution in [0.2, 0.25) is 0 Å². The van der Waals surface area contributed by atoms with E-state index in [1.807, 2.05) is 36.6 Å². The fourth-order valence-electron chi connectivity index (χ4n) is 1.63. The summed E-state index contributed by atoms with van der Waals surface area (Å²) in [6.45, 7) is 3.82. The maximum Gasteiger partial charge on any atom is 0.137 e. The van der Waals surface area contributed by atoms with Crippen LogP contribution in [0.15, 0.2) is 27.9 Å². The maximum atomic E-state index is 5.30. The molecule has 0 unspecified atom stereocenters. The van der Waals surface area contributed by atoms with Crippen LogP contribution in [0.3, 0.4) is 0 Å². The number of nitrogens with two attached hydrogens (primary N) is 1. The molecule has 0 saturated heterocycles. The van der Waals surface area contributed by atoms with Gasteiger partial charge in [0.25, 0.3) is 0 Å². The van der Waals surface area contributed by atoms with Gasteiger partial charge in [-0.05, 0) is 41.9 Å². The zero-order chi connectivity index (χ0) is 11.0. The van der Waals surface area contributed by atoms with E-state index in [4.69, 9.17) is 5.84 Å². The summed E-state index contributed by atoms with van der Waals surface area (Å²) >= 11 is 3.43. The van der Waals surface area contributed by atoms with E-state index in [1.54, 1.807) is 0 Å². The lowest BCUT2D eigenvalue weighted by molar-refractivity contribution is 1.13. The van der Waals surface area contributed by atoms with Gasteiger partial charge in [0.15, 0.2) is 0 Å². The highest BCUT2D eigenvalue weighted by Crippen LogP contribution is 2.17. The van der Waals surface area contributed by atoms with Crippen molar-refractivity contribution in [3.05, 3.63) is 34.2 Å². The number of aryl methyl sites for hydroxylation is 1. The van der Waals surface area contributed by atoms with Crippen molar-refractivity contribution >= 4 is 27.3 Å². The smallest absolute Gasteiger partial charge is 0.137 e. The van der Waals surface area contributed by atoms with Gasteiger partial charge in [0.2, 0.25) is 0 Å². The number of hydrogen-bond donors (Lipinski definition) is 1. The molecule has 4 nitrogen and oxygen atoms in total. The fraction of sp³-hybridized carbons (Fsp3) is 0.200. The third-order valence-electron chi connectivity index (χ3n) is 2.29. The molecule has 2 rings (SSSR count). The molecule has 0 fully saturated rings. The second-order valence-corrected chi connectivity index (χ2v) is 4.25. The van der Waals surface area contributed by atoms with Gasteiger partial charge in [-0.2, -0.15) is 5.10 Å². The van der Waals surface area contributed by atoms with Crippen LogP contribution in [0.25, 0.3) is 5.65 Å². The summed E-state index contributed by atoms with van der Waals surface area (Å²) in [6.07, 6.45) is 1.96. The van der Waals surface area contributed by atoms with E-state index in [0.717, 1.165) is 27.2 Å². The average Bonchev–Trinajstić information content (AvgIpc) is 2.52. The van der Waals surface area contributed by atoms with Crippen molar-refractivity contribution in [1.29, 1.82) is 0 Å². The van der Waals surface area contributed by atoms with Gasteiger partial charge >= 0.3 is 0 Å². The lowest BCUT2D eigenvalue weighted by Crippen LogP contribution is -2.04. The van der Waals surface area contributed by atoms with E-state index in [2.05, 4.69) is 26.0 Å². The van der Waals surface area contributed by atoms with Gasteiger partial charge in [0.05, 0.1) is 17.1 Å². The molecule has 78 valence electrons. The Labute approximate surface area is 95.9 Å². The van der Waals surface area contributed by atoms with Crippen molar-refractivity contribution in [2.24, 2.45) is 10.9 Å². The lowest BCUT2D eigenvalue weighted by atomic mass is 10.2. The quantitative estimate of drug-likeness (QED) is 0.488. The first kappa shape index (κ1) is 10.2. The van der Waals surface area contributed by atoms with Gasteiger partial charge < -0.3 is 5.84 Å². The highest BCUT2D eigenvalue weighted by molar-refractivity contribution is 9.10. The second kappa shape index (κ2) is 3.66. The molecule has 15 heavy (non-hydrogen) atoms. The molecule has 0 amide bonds. The van der Waals surface area contributed by atoms with Crippen molar-refractivity contribution in [2.75, 3.05) is 0 Å². The normalized spacial score (nSPS) is 12.3. The number of halogens is 1. The van der Waals surface area contributed by atoms with Crippen LogP contribution in [0.5, 0.6) is 0 Å². The molecule has 2 aromatic heterocycles. The Morgan fingerprint density at radius 1 is 1.53 bits per heavy atom. The molecule has 0 radical (unpaired) electrons. The maximum absolute atomic E-state index is 5.30. The molecular formula is C10H11BrN4. The molecule has 0 atom stereocenters. The minimum Gasteiger partial charge on any atom is -0.323 e. The van der Waals surface area contributed by atoms with Crippen LogP contribution < -0.4 is 5.84 Å². The fourth-order valence-corrected chi connectivity index (χ4v) is 1.97. The average molecular weight is 267 g/mol. The first-order chi connectivity index (χ1) is 7.13. The summed E-state index contributed by atoms with van der Waals surface area (Å²) in [5.41, 5.74) is 3.56. The molecule has 0 saturated carbocycles. The summed E-state index contributed by atoms with van der Waals surface area (Å²) in [5, 5.41) is 3.71. The Hall–Kier alpha value is -1.36. The van der Waals surface area contributed by atoms with Gasteiger partial charge in [-0.1, -0.05) is 0 Å². The standard InChI is InChI=1S/C10H11BrN4/c1-6-10(7(2)14-12)15-5-8(11)3-4-9(15)13-6/h3-5H,12H2,1-2H3/b14-7+. The van der Waals surface area contributed by atoms with Gasteiger partial charge in [-0.25, -0.2) is 4.98 Å². The Bertz CT molecular complexity index is 542. The number of aromatic nitrogens is 2. The third kappa shape index (κ3) is 1.63. The van der Waals surface area contributed by atoms with E-state index in [1.165, 1.54) is 0 Å². The number of hydrazone groups is 1. The number of nitrogens with zero attached hydrogens (tertiary/aromatic N) is 3. The molecular weight excluding hydrogens is 256 g/mol. The summed E-state index contributed by atoms with van der Waals surface area (Å²) in [7, 11) is 0. The lowest BCUT2D eigenvalue weighted by Gasteiger charge is -2.01. The van der Waals surface area contributed by atoms with E-state index in [9.17, 15) is 0 Å². The molecule has 0 bridgehead atoms. The predicted octanol–water partition coefficient (Wildman–Crippen LogP) is 2.09. The van der Waals surface area contributed by atoms with E-state index < -0.39 is 0 Å². The highest BCUT2D eigenvalue weighted by atomic mass is 79.9. The number of imidazole rings is 1. The summed E-state index contributed by atoms with van der Waals surface area (Å²) in [4.78, 5) is 4.43. The SMILES string of the molecule is C/C(=N\N)c1c(C)nc2ccc(Br)cn12. The van der Waals surface area contributed by atoms with Gasteiger partial charge in [0.1, 0.15) is 5.65 Å². The van der Waals surface area contributed by atoms with Crippen LogP contribution in [-0.4, -0.2) is 15.1 Å². The van der Waals surface area contributed by atoms with Crippen molar-refractivity contribution < 1.29 is 0 Å². The Kier molecular flexibility index (Phi) is 2.48. The Balaban J connectivity index is 2.82. The van der Waals surface area contributed by atoms with E-state index >= 15 is 0 Å². The van der Waals surface area contributed by atoms with Gasteiger partial charge in [-0.15, -0.1) is 0 Å². The Morgan fingerprint density at radius 3 is 2.93 bits per heavy atom. The summed E-state index contributed by atoms with van der Waals surface area (Å²) < 4.78 is 2.98. The van der Waals surface area contributed by atoms with Crippen LogP contribution >= 0.6 is 15.9 Å².